The number of rotatable bonds is 1. The van der Waals surface area contributed by atoms with Crippen molar-refractivity contribution in [2.75, 3.05) is 0 Å². The molecule has 132 valence electrons. The van der Waals surface area contributed by atoms with Crippen LogP contribution in [0.4, 0.5) is 0 Å². The first-order valence-corrected chi connectivity index (χ1v) is 8.82. The molecule has 0 fully saturated rings. The summed E-state index contributed by atoms with van der Waals surface area (Å²) in [5.41, 5.74) is 1.89. The van der Waals surface area contributed by atoms with Gasteiger partial charge in [-0.25, -0.2) is 0 Å². The first kappa shape index (κ1) is 18.8. The second kappa shape index (κ2) is 5.47. The molecule has 0 spiro atoms. The van der Waals surface area contributed by atoms with Crippen LogP contribution in [0, 0.1) is 16.2 Å². The van der Waals surface area contributed by atoms with Crippen LogP contribution in [0.25, 0.3) is 10.9 Å². The third-order valence-electron chi connectivity index (χ3n) is 5.53. The first-order valence-electron chi connectivity index (χ1n) is 8.82. The van der Waals surface area contributed by atoms with Gasteiger partial charge in [0, 0.05) is 17.0 Å². The number of hydrogen-bond acceptors (Lipinski definition) is 2. The zero-order chi connectivity index (χ0) is 18.6. The Bertz CT molecular complexity index is 703. The van der Waals surface area contributed by atoms with Gasteiger partial charge in [0.15, 0.2) is 0 Å². The molecule has 0 aliphatic heterocycles. The van der Waals surface area contributed by atoms with Crippen LogP contribution in [-0.2, 0) is 5.41 Å². The van der Waals surface area contributed by atoms with E-state index in [4.69, 9.17) is 0 Å². The highest BCUT2D eigenvalue weighted by molar-refractivity contribution is 5.88. The molecule has 0 unspecified atom stereocenters. The van der Waals surface area contributed by atoms with Crippen LogP contribution < -0.4 is 0 Å². The van der Waals surface area contributed by atoms with Gasteiger partial charge in [-0.2, -0.15) is 0 Å². The van der Waals surface area contributed by atoms with Crippen LogP contribution in [-0.4, -0.2) is 10.1 Å². The van der Waals surface area contributed by atoms with Crippen molar-refractivity contribution in [1.82, 2.24) is 4.98 Å². The summed E-state index contributed by atoms with van der Waals surface area (Å²) in [6, 6.07) is 7.98. The summed E-state index contributed by atoms with van der Waals surface area (Å²) in [4.78, 5) is 4.45. The molecule has 1 heterocycles. The summed E-state index contributed by atoms with van der Waals surface area (Å²) in [7, 11) is 0. The molecule has 2 nitrogen and oxygen atoms in total. The normalized spacial score (nSPS) is 14.2. The van der Waals surface area contributed by atoms with E-state index >= 15 is 0 Å². The minimum Gasteiger partial charge on any atom is -0.506 e. The number of benzene rings is 1. The lowest BCUT2D eigenvalue weighted by Crippen LogP contribution is -2.58. The summed E-state index contributed by atoms with van der Waals surface area (Å²) >= 11 is 0. The Balaban J connectivity index is 3.08. The van der Waals surface area contributed by atoms with Gasteiger partial charge in [-0.15, -0.1) is 0 Å². The Hall–Kier alpha value is -1.57. The molecular weight excluding hydrogens is 294 g/mol. The van der Waals surface area contributed by atoms with E-state index in [1.807, 2.05) is 12.1 Å². The fourth-order valence-electron chi connectivity index (χ4n) is 6.07. The van der Waals surface area contributed by atoms with Gasteiger partial charge in [0.2, 0.25) is 0 Å². The summed E-state index contributed by atoms with van der Waals surface area (Å²) in [5.74, 6) is 0.250. The predicted molar refractivity (Wildman–Crippen MR) is 103 cm³/mol. The Labute approximate surface area is 147 Å². The van der Waals surface area contributed by atoms with Crippen molar-refractivity contribution in [3.05, 3.63) is 36.0 Å². The Kier molecular flexibility index (Phi) is 4.28. The van der Waals surface area contributed by atoms with Crippen LogP contribution in [0.3, 0.4) is 0 Å². The van der Waals surface area contributed by atoms with Gasteiger partial charge in [-0.05, 0) is 33.9 Å². The number of aromatic nitrogens is 1. The number of phenols is 1. The van der Waals surface area contributed by atoms with E-state index in [1.54, 1.807) is 6.20 Å². The lowest BCUT2D eigenvalue weighted by molar-refractivity contribution is -0.0432. The first-order chi connectivity index (χ1) is 10.7. The van der Waals surface area contributed by atoms with E-state index in [2.05, 4.69) is 79.4 Å². The van der Waals surface area contributed by atoms with Crippen molar-refractivity contribution in [1.29, 1.82) is 0 Å². The lowest BCUT2D eigenvalue weighted by Gasteiger charge is -2.62. The standard InChI is InChI=1S/C22H33NO/c1-19(2,3)22(20(4,5)6,21(7,8)9)16-12-13-17(24)18-15(16)11-10-14-23-18/h10-14,24H,1-9H3. The van der Waals surface area contributed by atoms with Crippen LogP contribution in [0.15, 0.2) is 30.5 Å². The molecule has 0 atom stereocenters. The van der Waals surface area contributed by atoms with E-state index in [9.17, 15) is 5.11 Å². The van der Waals surface area contributed by atoms with Crippen molar-refractivity contribution < 1.29 is 5.11 Å². The average molecular weight is 328 g/mol. The van der Waals surface area contributed by atoms with Crippen molar-refractivity contribution in [3.63, 3.8) is 0 Å². The molecule has 2 aromatic rings. The van der Waals surface area contributed by atoms with Gasteiger partial charge >= 0.3 is 0 Å². The predicted octanol–water partition coefficient (Wildman–Crippen LogP) is 6.32. The van der Waals surface area contributed by atoms with E-state index in [-0.39, 0.29) is 27.4 Å². The summed E-state index contributed by atoms with van der Waals surface area (Å²) in [6.07, 6.45) is 1.75. The highest BCUT2D eigenvalue weighted by Gasteiger charge is 2.58. The van der Waals surface area contributed by atoms with E-state index in [0.717, 1.165) is 5.39 Å². The third kappa shape index (κ3) is 2.51. The largest absolute Gasteiger partial charge is 0.506 e. The fraction of sp³-hybridized carbons (Fsp3) is 0.591. The maximum atomic E-state index is 10.3. The molecule has 2 heteroatoms. The smallest absolute Gasteiger partial charge is 0.141 e. The number of pyridine rings is 1. The summed E-state index contributed by atoms with van der Waals surface area (Å²) in [6.45, 7) is 21.0. The Morgan fingerprint density at radius 2 is 1.25 bits per heavy atom. The molecule has 2 rings (SSSR count). The monoisotopic (exact) mass is 327 g/mol. The Morgan fingerprint density at radius 1 is 0.750 bits per heavy atom. The molecule has 1 N–H and O–H groups in total. The van der Waals surface area contributed by atoms with Crippen LogP contribution in [0.1, 0.15) is 67.9 Å². The number of hydrogen-bond donors (Lipinski definition) is 1. The molecular formula is C22H33NO. The van der Waals surface area contributed by atoms with Crippen LogP contribution in [0.2, 0.25) is 0 Å². The van der Waals surface area contributed by atoms with E-state index in [0.29, 0.717) is 5.52 Å². The number of phenolic OH excluding ortho intramolecular Hbond substituents is 1. The van der Waals surface area contributed by atoms with E-state index in [1.165, 1.54) is 5.56 Å². The minimum atomic E-state index is -0.123. The zero-order valence-electron chi connectivity index (χ0n) is 16.8. The molecule has 0 aliphatic rings. The van der Waals surface area contributed by atoms with Gasteiger partial charge in [-0.3, -0.25) is 4.98 Å². The molecule has 0 amide bonds. The maximum Gasteiger partial charge on any atom is 0.141 e. The van der Waals surface area contributed by atoms with Crippen molar-refractivity contribution in [2.24, 2.45) is 16.2 Å². The zero-order valence-corrected chi connectivity index (χ0v) is 16.8. The minimum absolute atomic E-state index is 0.0171. The average Bonchev–Trinajstić information content (AvgIpc) is 2.37. The van der Waals surface area contributed by atoms with Gasteiger partial charge < -0.3 is 5.11 Å². The molecule has 0 radical (unpaired) electrons. The second-order valence-electron chi connectivity index (χ2n) is 10.0. The topological polar surface area (TPSA) is 33.1 Å². The highest BCUT2D eigenvalue weighted by Crippen LogP contribution is 2.63. The summed E-state index contributed by atoms with van der Waals surface area (Å²) in [5, 5.41) is 11.4. The lowest BCUT2D eigenvalue weighted by atomic mass is 9.42. The van der Waals surface area contributed by atoms with Gasteiger partial charge in [0.25, 0.3) is 0 Å². The molecule has 1 aromatic heterocycles. The number of nitrogens with zero attached hydrogens (tertiary/aromatic N) is 1. The Morgan fingerprint density at radius 3 is 1.71 bits per heavy atom. The van der Waals surface area contributed by atoms with Crippen molar-refractivity contribution in [2.45, 2.75) is 67.7 Å². The molecule has 0 saturated carbocycles. The molecule has 24 heavy (non-hydrogen) atoms. The molecule has 0 bridgehead atoms. The van der Waals surface area contributed by atoms with Crippen molar-refractivity contribution in [3.8, 4) is 5.75 Å². The van der Waals surface area contributed by atoms with Gasteiger partial charge in [0.05, 0.1) is 0 Å². The SMILES string of the molecule is CC(C)(C)C(c1ccc(O)c2ncccc12)(C(C)(C)C)C(C)(C)C. The molecule has 1 aromatic carbocycles. The van der Waals surface area contributed by atoms with Crippen LogP contribution in [0.5, 0.6) is 5.75 Å². The quantitative estimate of drug-likeness (QED) is 0.665. The summed E-state index contributed by atoms with van der Waals surface area (Å²) < 4.78 is 0. The molecule has 0 aliphatic carbocycles. The highest BCUT2D eigenvalue weighted by atomic mass is 16.3. The maximum absolute atomic E-state index is 10.3. The van der Waals surface area contributed by atoms with Crippen molar-refractivity contribution >= 4 is 10.9 Å². The number of aromatic hydroxyl groups is 1. The van der Waals surface area contributed by atoms with Crippen LogP contribution >= 0.6 is 0 Å². The fourth-order valence-corrected chi connectivity index (χ4v) is 6.07. The number of fused-ring (bicyclic) bond motifs is 1. The van der Waals surface area contributed by atoms with E-state index < -0.39 is 0 Å². The molecule has 0 saturated heterocycles. The van der Waals surface area contributed by atoms with Gasteiger partial charge in [0.1, 0.15) is 11.3 Å². The third-order valence-corrected chi connectivity index (χ3v) is 5.53. The van der Waals surface area contributed by atoms with Gasteiger partial charge in [-0.1, -0.05) is 74.4 Å². The second-order valence-corrected chi connectivity index (χ2v) is 10.0.